The van der Waals surface area contributed by atoms with Crippen molar-refractivity contribution in [1.29, 1.82) is 0 Å². The minimum absolute atomic E-state index is 0.00649. The standard InChI is InChI=1S/C19H36O8/c1-5-17(9-20)11-24-8-15(22-3)19(7-16(23-4)25-12-17)26-13-18(6-2,10-21)14-27-19/h15-16,20-21H,5-14H2,1-4H3. The number of rotatable bonds is 6. The minimum atomic E-state index is -1.09. The molecule has 2 aliphatic heterocycles. The fourth-order valence-electron chi connectivity index (χ4n) is 3.39. The monoisotopic (exact) mass is 392 g/mol. The van der Waals surface area contributed by atoms with E-state index in [-0.39, 0.29) is 19.8 Å². The zero-order valence-corrected chi connectivity index (χ0v) is 17.1. The normalized spacial score (nSPS) is 41.6. The Bertz CT molecular complexity index is 425. The van der Waals surface area contributed by atoms with Gasteiger partial charge in [0.05, 0.1) is 52.7 Å². The van der Waals surface area contributed by atoms with E-state index in [0.29, 0.717) is 39.3 Å². The highest BCUT2D eigenvalue weighted by Crippen LogP contribution is 2.39. The lowest BCUT2D eigenvalue weighted by Gasteiger charge is -2.49. The van der Waals surface area contributed by atoms with Crippen LogP contribution >= 0.6 is 0 Å². The van der Waals surface area contributed by atoms with E-state index in [4.69, 9.17) is 28.4 Å². The Morgan fingerprint density at radius 2 is 1.48 bits per heavy atom. The fraction of sp³-hybridized carbons (Fsp3) is 1.00. The van der Waals surface area contributed by atoms with Crippen molar-refractivity contribution in [3.05, 3.63) is 0 Å². The molecule has 2 heterocycles. The van der Waals surface area contributed by atoms with Crippen LogP contribution in [-0.2, 0) is 28.4 Å². The van der Waals surface area contributed by atoms with E-state index in [2.05, 4.69) is 0 Å². The van der Waals surface area contributed by atoms with Gasteiger partial charge in [-0.2, -0.15) is 0 Å². The summed E-state index contributed by atoms with van der Waals surface area (Å²) in [6.45, 7) is 5.57. The van der Waals surface area contributed by atoms with Gasteiger partial charge in [0.15, 0.2) is 6.29 Å². The van der Waals surface area contributed by atoms with Crippen LogP contribution in [0.2, 0.25) is 0 Å². The first-order chi connectivity index (χ1) is 13.0. The summed E-state index contributed by atoms with van der Waals surface area (Å²) < 4.78 is 35.4. The number of aliphatic hydroxyl groups is 2. The molecule has 1 spiro atoms. The molecule has 0 amide bonds. The van der Waals surface area contributed by atoms with Crippen molar-refractivity contribution in [1.82, 2.24) is 0 Å². The van der Waals surface area contributed by atoms with E-state index in [1.807, 2.05) is 13.8 Å². The maximum atomic E-state index is 9.85. The molecule has 3 unspecified atom stereocenters. The van der Waals surface area contributed by atoms with Gasteiger partial charge in [-0.15, -0.1) is 0 Å². The third-order valence-electron chi connectivity index (χ3n) is 6.16. The molecule has 2 saturated heterocycles. The Balaban J connectivity index is 2.22. The van der Waals surface area contributed by atoms with Gasteiger partial charge in [0.2, 0.25) is 5.79 Å². The van der Waals surface area contributed by atoms with Gasteiger partial charge in [-0.1, -0.05) is 13.8 Å². The summed E-state index contributed by atoms with van der Waals surface area (Å²) in [6, 6.07) is 0. The Morgan fingerprint density at radius 3 is 1.96 bits per heavy atom. The van der Waals surface area contributed by atoms with Crippen LogP contribution in [0.1, 0.15) is 33.1 Å². The molecule has 0 bridgehead atoms. The molecular weight excluding hydrogens is 356 g/mol. The second kappa shape index (κ2) is 9.93. The summed E-state index contributed by atoms with van der Waals surface area (Å²) in [5.41, 5.74) is -0.903. The van der Waals surface area contributed by atoms with Crippen molar-refractivity contribution in [2.45, 2.75) is 51.3 Å². The number of hydrogen-bond donors (Lipinski definition) is 2. The summed E-state index contributed by atoms with van der Waals surface area (Å²) in [5.74, 6) is -1.09. The van der Waals surface area contributed by atoms with E-state index in [1.54, 1.807) is 14.2 Å². The molecule has 0 aliphatic carbocycles. The molecule has 0 aromatic carbocycles. The molecular formula is C19H36O8. The first kappa shape index (κ1) is 23.0. The number of methoxy groups -OCH3 is 2. The topological polar surface area (TPSA) is 95.8 Å². The molecule has 2 fully saturated rings. The van der Waals surface area contributed by atoms with Crippen molar-refractivity contribution < 1.29 is 38.6 Å². The van der Waals surface area contributed by atoms with Crippen LogP contribution in [0, 0.1) is 10.8 Å². The molecule has 0 aromatic rings. The lowest BCUT2D eigenvalue weighted by molar-refractivity contribution is -0.369. The zero-order chi connectivity index (χ0) is 20.0. The predicted molar refractivity (Wildman–Crippen MR) is 97.2 cm³/mol. The van der Waals surface area contributed by atoms with Gasteiger partial charge in [0.25, 0.3) is 0 Å². The Labute approximate surface area is 162 Å². The van der Waals surface area contributed by atoms with Gasteiger partial charge in [0, 0.05) is 25.0 Å². The zero-order valence-electron chi connectivity index (χ0n) is 17.1. The van der Waals surface area contributed by atoms with Crippen molar-refractivity contribution in [2.75, 3.05) is 60.5 Å². The average Bonchev–Trinajstić information content (AvgIpc) is 2.73. The summed E-state index contributed by atoms with van der Waals surface area (Å²) >= 11 is 0. The molecule has 0 aromatic heterocycles. The molecule has 2 rings (SSSR count). The second-order valence-electron chi connectivity index (χ2n) is 7.83. The summed E-state index contributed by atoms with van der Waals surface area (Å²) in [5, 5.41) is 19.6. The van der Waals surface area contributed by atoms with E-state index in [1.165, 1.54) is 0 Å². The number of aliphatic hydroxyl groups excluding tert-OH is 2. The Kier molecular flexibility index (Phi) is 8.45. The van der Waals surface area contributed by atoms with Crippen LogP contribution in [-0.4, -0.2) is 88.9 Å². The summed E-state index contributed by atoms with van der Waals surface area (Å²) in [6.07, 6.45) is 0.667. The highest BCUT2D eigenvalue weighted by Gasteiger charge is 2.51. The van der Waals surface area contributed by atoms with Gasteiger partial charge in [-0.25, -0.2) is 0 Å². The Morgan fingerprint density at radius 1 is 0.889 bits per heavy atom. The van der Waals surface area contributed by atoms with Crippen molar-refractivity contribution in [3.8, 4) is 0 Å². The smallest absolute Gasteiger partial charge is 0.201 e. The third kappa shape index (κ3) is 5.00. The number of hydrogen-bond acceptors (Lipinski definition) is 8. The fourth-order valence-corrected chi connectivity index (χ4v) is 3.39. The average molecular weight is 392 g/mol. The second-order valence-corrected chi connectivity index (χ2v) is 7.83. The molecule has 27 heavy (non-hydrogen) atoms. The highest BCUT2D eigenvalue weighted by atomic mass is 16.7. The quantitative estimate of drug-likeness (QED) is 0.689. The first-order valence-corrected chi connectivity index (χ1v) is 9.71. The van der Waals surface area contributed by atoms with E-state index < -0.39 is 29.0 Å². The van der Waals surface area contributed by atoms with Crippen molar-refractivity contribution >= 4 is 0 Å². The molecule has 8 heteroatoms. The van der Waals surface area contributed by atoms with Crippen LogP contribution in [0.25, 0.3) is 0 Å². The summed E-state index contributed by atoms with van der Waals surface area (Å²) in [4.78, 5) is 0. The largest absolute Gasteiger partial charge is 0.396 e. The van der Waals surface area contributed by atoms with Crippen molar-refractivity contribution in [2.24, 2.45) is 10.8 Å². The van der Waals surface area contributed by atoms with Gasteiger partial charge >= 0.3 is 0 Å². The SMILES string of the molecule is CCC1(CO)COCC(OC)C2(CC(OC)OC1)OCC(CC)(CO)CO2. The maximum absolute atomic E-state index is 9.85. The third-order valence-corrected chi connectivity index (χ3v) is 6.16. The molecule has 3 atom stereocenters. The van der Waals surface area contributed by atoms with Gasteiger partial charge < -0.3 is 38.6 Å². The molecule has 8 nitrogen and oxygen atoms in total. The molecule has 2 N–H and O–H groups in total. The molecule has 2 aliphatic rings. The van der Waals surface area contributed by atoms with Gasteiger partial charge in [0.1, 0.15) is 6.10 Å². The lowest BCUT2D eigenvalue weighted by atomic mass is 9.86. The highest BCUT2D eigenvalue weighted by molar-refractivity contribution is 4.91. The summed E-state index contributed by atoms with van der Waals surface area (Å²) in [7, 11) is 3.16. The van der Waals surface area contributed by atoms with Crippen molar-refractivity contribution in [3.63, 3.8) is 0 Å². The lowest BCUT2D eigenvalue weighted by Crippen LogP contribution is -2.60. The van der Waals surface area contributed by atoms with E-state index in [0.717, 1.165) is 6.42 Å². The molecule has 160 valence electrons. The van der Waals surface area contributed by atoms with E-state index in [9.17, 15) is 10.2 Å². The van der Waals surface area contributed by atoms with Crippen LogP contribution in [0.3, 0.4) is 0 Å². The molecule has 0 radical (unpaired) electrons. The van der Waals surface area contributed by atoms with Crippen LogP contribution in [0.4, 0.5) is 0 Å². The first-order valence-electron chi connectivity index (χ1n) is 9.71. The van der Waals surface area contributed by atoms with Gasteiger partial charge in [-0.3, -0.25) is 0 Å². The van der Waals surface area contributed by atoms with Crippen LogP contribution in [0.5, 0.6) is 0 Å². The van der Waals surface area contributed by atoms with E-state index >= 15 is 0 Å². The maximum Gasteiger partial charge on any atom is 0.201 e. The van der Waals surface area contributed by atoms with Crippen LogP contribution < -0.4 is 0 Å². The number of ether oxygens (including phenoxy) is 6. The van der Waals surface area contributed by atoms with Crippen LogP contribution in [0.15, 0.2) is 0 Å². The minimum Gasteiger partial charge on any atom is -0.396 e. The van der Waals surface area contributed by atoms with Gasteiger partial charge in [-0.05, 0) is 12.8 Å². The predicted octanol–water partition coefficient (Wildman–Crippen LogP) is 0.931. The molecule has 0 saturated carbocycles. The Hall–Kier alpha value is -0.320.